The summed E-state index contributed by atoms with van der Waals surface area (Å²) in [5.41, 5.74) is 0. The van der Waals surface area contributed by atoms with Crippen molar-refractivity contribution < 1.29 is 29.4 Å². The number of carbonyl (C=O) groups is 4. The molecule has 4 atom stereocenters. The Morgan fingerprint density at radius 2 is 1.04 bits per heavy atom. The third-order valence-electron chi connectivity index (χ3n) is 5.37. The van der Waals surface area contributed by atoms with Gasteiger partial charge < -0.3 is 30.6 Å². The Morgan fingerprint density at radius 3 is 1.25 bits per heavy atom. The molecule has 4 amide bonds. The van der Waals surface area contributed by atoms with Crippen LogP contribution in [0.5, 0.6) is 0 Å². The van der Waals surface area contributed by atoms with Crippen molar-refractivity contribution in [2.45, 2.75) is 52.6 Å². The van der Waals surface area contributed by atoms with E-state index in [-0.39, 0.29) is 38.0 Å². The molecule has 10 heteroatoms. The van der Waals surface area contributed by atoms with Crippen LogP contribution in [0.15, 0.2) is 0 Å². The monoisotopic (exact) mass is 400 g/mol. The molecule has 1 fully saturated rings. The highest BCUT2D eigenvalue weighted by atomic mass is 16.4. The number of hydrogen-bond acceptors (Lipinski definition) is 4. The first-order valence-electron chi connectivity index (χ1n) is 9.68. The van der Waals surface area contributed by atoms with Crippen LogP contribution in [0.1, 0.15) is 40.5 Å². The molecule has 10 nitrogen and oxygen atoms in total. The van der Waals surface area contributed by atoms with E-state index in [9.17, 15) is 29.4 Å². The quantitative estimate of drug-likeness (QED) is 0.480. The zero-order valence-electron chi connectivity index (χ0n) is 17.0. The minimum atomic E-state index is -1.08. The second kappa shape index (κ2) is 10.7. The molecule has 0 spiro atoms. The van der Waals surface area contributed by atoms with Crippen LogP contribution in [-0.4, -0.2) is 82.3 Å². The first kappa shape index (κ1) is 23.5. The molecular formula is C18H32N4O6. The number of nitrogens with zero attached hydrogens (tertiary/aromatic N) is 2. The van der Waals surface area contributed by atoms with Crippen molar-refractivity contribution in [1.82, 2.24) is 20.4 Å². The van der Waals surface area contributed by atoms with Gasteiger partial charge >= 0.3 is 24.0 Å². The van der Waals surface area contributed by atoms with E-state index in [1.165, 1.54) is 9.80 Å². The maximum Gasteiger partial charge on any atom is 0.326 e. The molecule has 160 valence electrons. The van der Waals surface area contributed by atoms with Gasteiger partial charge in [-0.1, -0.05) is 40.5 Å². The average molecular weight is 400 g/mol. The predicted octanol–water partition coefficient (Wildman–Crippen LogP) is 1.02. The lowest BCUT2D eigenvalue weighted by atomic mass is 9.99. The fourth-order valence-electron chi connectivity index (χ4n) is 2.93. The molecule has 1 rings (SSSR count). The Morgan fingerprint density at radius 1 is 0.750 bits per heavy atom. The van der Waals surface area contributed by atoms with E-state index < -0.39 is 36.1 Å². The summed E-state index contributed by atoms with van der Waals surface area (Å²) in [5, 5.41) is 23.7. The van der Waals surface area contributed by atoms with E-state index in [1.54, 1.807) is 13.8 Å². The van der Waals surface area contributed by atoms with Crippen molar-refractivity contribution >= 4 is 24.0 Å². The summed E-state index contributed by atoms with van der Waals surface area (Å²) in [7, 11) is 0. The van der Waals surface area contributed by atoms with Crippen LogP contribution >= 0.6 is 0 Å². The second-order valence-corrected chi connectivity index (χ2v) is 7.28. The number of carboxylic acid groups (broad SMARTS) is 2. The molecule has 0 aromatic carbocycles. The van der Waals surface area contributed by atoms with Crippen LogP contribution in [0.25, 0.3) is 0 Å². The summed E-state index contributed by atoms with van der Waals surface area (Å²) >= 11 is 0. The Balaban J connectivity index is 2.59. The average Bonchev–Trinajstić information content (AvgIpc) is 2.68. The number of carboxylic acids is 2. The number of rotatable bonds is 8. The van der Waals surface area contributed by atoms with Crippen LogP contribution in [0.2, 0.25) is 0 Å². The maximum absolute atomic E-state index is 12.4. The minimum absolute atomic E-state index is 0.206. The van der Waals surface area contributed by atoms with Crippen LogP contribution in [0, 0.1) is 11.8 Å². The van der Waals surface area contributed by atoms with Gasteiger partial charge in [0.05, 0.1) is 0 Å². The fourth-order valence-corrected chi connectivity index (χ4v) is 2.93. The van der Waals surface area contributed by atoms with Crippen LogP contribution < -0.4 is 10.6 Å². The molecule has 1 aliphatic heterocycles. The van der Waals surface area contributed by atoms with E-state index in [0.29, 0.717) is 12.8 Å². The topological polar surface area (TPSA) is 139 Å². The Labute approximate surface area is 165 Å². The molecule has 0 aliphatic carbocycles. The number of carbonyl (C=O) groups excluding carboxylic acids is 2. The van der Waals surface area contributed by atoms with Gasteiger partial charge in [0.25, 0.3) is 0 Å². The number of piperazine rings is 1. The third kappa shape index (κ3) is 6.28. The first-order valence-corrected chi connectivity index (χ1v) is 9.68. The van der Waals surface area contributed by atoms with Gasteiger partial charge in [0.2, 0.25) is 0 Å². The molecule has 1 saturated heterocycles. The van der Waals surface area contributed by atoms with E-state index in [0.717, 1.165) is 0 Å². The SMILES string of the molecule is CC[C@@H](C)[C@H](NC(=O)N1CCN(C(=O)N[C@H](C(=O)O)[C@@H](C)CC)CC1)C(=O)O. The molecular weight excluding hydrogens is 368 g/mol. The van der Waals surface area contributed by atoms with Gasteiger partial charge in [-0.25, -0.2) is 19.2 Å². The maximum atomic E-state index is 12.4. The van der Waals surface area contributed by atoms with E-state index in [4.69, 9.17) is 0 Å². The highest BCUT2D eigenvalue weighted by Gasteiger charge is 2.32. The largest absolute Gasteiger partial charge is 0.480 e. The Hall–Kier alpha value is -2.52. The van der Waals surface area contributed by atoms with Gasteiger partial charge in [-0.05, 0) is 11.8 Å². The molecule has 0 bridgehead atoms. The molecule has 4 N–H and O–H groups in total. The van der Waals surface area contributed by atoms with Crippen LogP contribution in [0.3, 0.4) is 0 Å². The highest BCUT2D eigenvalue weighted by Crippen LogP contribution is 2.11. The van der Waals surface area contributed by atoms with Gasteiger partial charge in [-0.3, -0.25) is 0 Å². The minimum Gasteiger partial charge on any atom is -0.480 e. The summed E-state index contributed by atoms with van der Waals surface area (Å²) in [6.45, 7) is 8.21. The Bertz CT molecular complexity index is 526. The van der Waals surface area contributed by atoms with Gasteiger partial charge in [-0.2, -0.15) is 0 Å². The van der Waals surface area contributed by atoms with Crippen LogP contribution in [-0.2, 0) is 9.59 Å². The van der Waals surface area contributed by atoms with E-state index in [1.807, 2.05) is 13.8 Å². The second-order valence-electron chi connectivity index (χ2n) is 7.28. The van der Waals surface area contributed by atoms with Gasteiger partial charge in [0, 0.05) is 26.2 Å². The van der Waals surface area contributed by atoms with E-state index >= 15 is 0 Å². The van der Waals surface area contributed by atoms with Gasteiger partial charge in [0.15, 0.2) is 0 Å². The van der Waals surface area contributed by atoms with Crippen molar-refractivity contribution in [2.75, 3.05) is 26.2 Å². The first-order chi connectivity index (χ1) is 13.1. The fraction of sp³-hybridized carbons (Fsp3) is 0.778. The normalized spacial score (nSPS) is 18.6. The smallest absolute Gasteiger partial charge is 0.326 e. The molecule has 1 heterocycles. The summed E-state index contributed by atoms with van der Waals surface area (Å²) in [5.74, 6) is -2.57. The molecule has 0 saturated carbocycles. The van der Waals surface area contributed by atoms with Crippen molar-refractivity contribution in [2.24, 2.45) is 11.8 Å². The summed E-state index contributed by atoms with van der Waals surface area (Å²) in [6.07, 6.45) is 1.23. The Kier molecular flexibility index (Phi) is 9.01. The van der Waals surface area contributed by atoms with Crippen molar-refractivity contribution in [1.29, 1.82) is 0 Å². The lowest BCUT2D eigenvalue weighted by Gasteiger charge is -2.36. The zero-order chi connectivity index (χ0) is 21.4. The predicted molar refractivity (Wildman–Crippen MR) is 102 cm³/mol. The molecule has 1 aliphatic rings. The molecule has 28 heavy (non-hydrogen) atoms. The highest BCUT2D eigenvalue weighted by molar-refractivity contribution is 5.84. The molecule has 0 aromatic rings. The van der Waals surface area contributed by atoms with Crippen LogP contribution in [0.4, 0.5) is 9.59 Å². The van der Waals surface area contributed by atoms with Crippen molar-refractivity contribution in [3.8, 4) is 0 Å². The van der Waals surface area contributed by atoms with Crippen molar-refractivity contribution in [3.63, 3.8) is 0 Å². The molecule has 0 unspecified atom stereocenters. The standard InChI is InChI=1S/C18H32N4O6/c1-5-11(3)13(15(23)24)19-17(27)21-7-9-22(10-8-21)18(28)20-14(16(25)26)12(4)6-2/h11-14H,5-10H2,1-4H3,(H,19,27)(H,20,28)(H,23,24)(H,25,26)/t11-,12+,13-,14-/m0/s1. The third-order valence-corrected chi connectivity index (χ3v) is 5.37. The number of urea groups is 2. The van der Waals surface area contributed by atoms with E-state index in [2.05, 4.69) is 10.6 Å². The summed E-state index contributed by atoms with van der Waals surface area (Å²) in [6, 6.07) is -2.89. The van der Waals surface area contributed by atoms with Crippen molar-refractivity contribution in [3.05, 3.63) is 0 Å². The lowest BCUT2D eigenvalue weighted by molar-refractivity contribution is -0.141. The number of aliphatic carboxylic acids is 2. The number of amides is 4. The van der Waals surface area contributed by atoms with Gasteiger partial charge in [0.1, 0.15) is 12.1 Å². The molecule has 0 radical (unpaired) electrons. The summed E-state index contributed by atoms with van der Waals surface area (Å²) < 4.78 is 0. The zero-order valence-corrected chi connectivity index (χ0v) is 17.0. The lowest BCUT2D eigenvalue weighted by Crippen LogP contribution is -2.59. The number of hydrogen-bond donors (Lipinski definition) is 4. The molecule has 0 aromatic heterocycles. The number of nitrogens with one attached hydrogen (secondary N) is 2. The summed E-state index contributed by atoms with van der Waals surface area (Å²) in [4.78, 5) is 50.4. The van der Waals surface area contributed by atoms with Gasteiger partial charge in [-0.15, -0.1) is 0 Å².